The summed E-state index contributed by atoms with van der Waals surface area (Å²) in [5.74, 6) is -0.499. The van der Waals surface area contributed by atoms with Crippen LogP contribution in [0.25, 0.3) is 5.69 Å². The summed E-state index contributed by atoms with van der Waals surface area (Å²) in [6.45, 7) is 4.05. The van der Waals surface area contributed by atoms with Crippen molar-refractivity contribution in [3.05, 3.63) is 68.1 Å². The van der Waals surface area contributed by atoms with Crippen molar-refractivity contribution in [2.45, 2.75) is 37.9 Å². The number of imidazole rings is 1. The molecule has 1 saturated carbocycles. The Morgan fingerprint density at radius 2 is 2.07 bits per heavy atom. The molecular formula is C20H21N5O3S. The van der Waals surface area contributed by atoms with E-state index in [2.05, 4.69) is 16.0 Å². The average molecular weight is 411 g/mol. The Labute approximate surface area is 170 Å². The number of nitrogens with one attached hydrogen (secondary N) is 1. The number of ketones is 1. The molecule has 0 saturated heterocycles. The van der Waals surface area contributed by atoms with Gasteiger partial charge in [-0.25, -0.2) is 9.78 Å². The van der Waals surface area contributed by atoms with Gasteiger partial charge in [0.05, 0.1) is 11.4 Å². The molecule has 0 bridgehead atoms. The molecule has 9 heteroatoms. The van der Waals surface area contributed by atoms with Crippen LogP contribution in [0, 0.1) is 13.8 Å². The first kappa shape index (κ1) is 19.3. The molecule has 2 heterocycles. The Bertz CT molecular complexity index is 1220. The second-order valence-corrected chi connectivity index (χ2v) is 8.14. The molecule has 0 radical (unpaired) electrons. The number of anilines is 1. The van der Waals surface area contributed by atoms with Crippen molar-refractivity contribution in [2.24, 2.45) is 0 Å². The van der Waals surface area contributed by atoms with Crippen molar-refractivity contribution in [1.82, 2.24) is 19.1 Å². The van der Waals surface area contributed by atoms with Crippen LogP contribution in [0.2, 0.25) is 0 Å². The number of Topliss-reactive ketones (excluding diaryl/α,β-unsaturated/α-hetero) is 1. The Kier molecular flexibility index (Phi) is 4.91. The minimum Gasteiger partial charge on any atom is -0.384 e. The zero-order chi connectivity index (χ0) is 20.7. The highest BCUT2D eigenvalue weighted by molar-refractivity contribution is 7.99. The van der Waals surface area contributed by atoms with E-state index in [1.807, 2.05) is 36.7 Å². The number of hydrogen-bond acceptors (Lipinski definition) is 6. The highest BCUT2D eigenvalue weighted by Gasteiger charge is 2.30. The topological polar surface area (TPSA) is 116 Å². The Hall–Kier alpha value is -3.07. The molecule has 150 valence electrons. The number of thioether (sulfide) groups is 1. The van der Waals surface area contributed by atoms with Crippen LogP contribution in [-0.2, 0) is 0 Å². The molecule has 3 aromatic rings. The molecular weight excluding hydrogens is 390 g/mol. The normalized spacial score (nSPS) is 13.6. The number of aromatic amines is 1. The Balaban J connectivity index is 1.59. The lowest BCUT2D eigenvalue weighted by atomic mass is 10.1. The summed E-state index contributed by atoms with van der Waals surface area (Å²) in [6, 6.07) is 6.06. The summed E-state index contributed by atoms with van der Waals surface area (Å²) in [4.78, 5) is 43.6. The number of aryl methyl sites for hydroxylation is 2. The summed E-state index contributed by atoms with van der Waals surface area (Å²) in [7, 11) is 0. The van der Waals surface area contributed by atoms with Crippen LogP contribution in [0.3, 0.4) is 0 Å². The Morgan fingerprint density at radius 1 is 1.31 bits per heavy atom. The summed E-state index contributed by atoms with van der Waals surface area (Å²) in [5.41, 5.74) is 7.79. The molecule has 8 nitrogen and oxygen atoms in total. The van der Waals surface area contributed by atoms with Crippen LogP contribution < -0.4 is 17.0 Å². The minimum atomic E-state index is -0.743. The lowest BCUT2D eigenvalue weighted by molar-refractivity contribution is 0.102. The van der Waals surface area contributed by atoms with Gasteiger partial charge < -0.3 is 5.73 Å². The zero-order valence-electron chi connectivity index (χ0n) is 16.1. The van der Waals surface area contributed by atoms with Crippen molar-refractivity contribution < 1.29 is 4.79 Å². The minimum absolute atomic E-state index is 0.0158. The third kappa shape index (κ3) is 3.65. The zero-order valence-corrected chi connectivity index (χ0v) is 17.0. The van der Waals surface area contributed by atoms with E-state index in [-0.39, 0.29) is 23.2 Å². The molecule has 1 aromatic carbocycles. The van der Waals surface area contributed by atoms with E-state index < -0.39 is 17.0 Å². The van der Waals surface area contributed by atoms with Crippen molar-refractivity contribution in [3.8, 4) is 5.69 Å². The number of nitrogens with two attached hydrogens (primary N) is 1. The smallest absolute Gasteiger partial charge is 0.330 e. The number of carbonyl (C=O) groups is 1. The van der Waals surface area contributed by atoms with Gasteiger partial charge in [0.2, 0.25) is 0 Å². The van der Waals surface area contributed by atoms with Crippen molar-refractivity contribution in [2.75, 3.05) is 11.5 Å². The van der Waals surface area contributed by atoms with Gasteiger partial charge in [-0.05, 0) is 38.3 Å². The van der Waals surface area contributed by atoms with Crippen LogP contribution in [0.4, 0.5) is 5.82 Å². The molecule has 0 aliphatic heterocycles. The maximum Gasteiger partial charge on any atom is 0.330 e. The van der Waals surface area contributed by atoms with Gasteiger partial charge in [0, 0.05) is 18.4 Å². The fourth-order valence-corrected chi connectivity index (χ4v) is 4.23. The van der Waals surface area contributed by atoms with Crippen LogP contribution in [0.5, 0.6) is 0 Å². The summed E-state index contributed by atoms with van der Waals surface area (Å²) in [6.07, 6.45) is 5.12. The maximum absolute atomic E-state index is 12.8. The number of H-pyrrole nitrogens is 1. The molecule has 1 fully saturated rings. The van der Waals surface area contributed by atoms with E-state index in [0.717, 1.165) is 29.7 Å². The number of nitrogens with zero attached hydrogens (tertiary/aromatic N) is 3. The van der Waals surface area contributed by atoms with Gasteiger partial charge in [-0.1, -0.05) is 29.5 Å². The van der Waals surface area contributed by atoms with Crippen LogP contribution in [-0.4, -0.2) is 30.6 Å². The molecule has 3 N–H and O–H groups in total. The first-order chi connectivity index (χ1) is 13.9. The highest BCUT2D eigenvalue weighted by Crippen LogP contribution is 2.35. The quantitative estimate of drug-likeness (QED) is 0.475. The van der Waals surface area contributed by atoms with Gasteiger partial charge >= 0.3 is 5.69 Å². The number of nitrogen functional groups attached to an aromatic ring is 1. The van der Waals surface area contributed by atoms with E-state index in [0.29, 0.717) is 5.16 Å². The van der Waals surface area contributed by atoms with E-state index >= 15 is 0 Å². The van der Waals surface area contributed by atoms with Gasteiger partial charge in [-0.15, -0.1) is 0 Å². The second kappa shape index (κ2) is 7.40. The number of hydrogen-bond donors (Lipinski definition) is 2. The van der Waals surface area contributed by atoms with Crippen LogP contribution >= 0.6 is 11.8 Å². The fourth-order valence-electron chi connectivity index (χ4n) is 3.39. The fraction of sp³-hybridized carbons (Fsp3) is 0.300. The van der Waals surface area contributed by atoms with Gasteiger partial charge in [-0.2, -0.15) is 0 Å². The van der Waals surface area contributed by atoms with Gasteiger partial charge in [0.15, 0.2) is 10.9 Å². The number of aromatic nitrogens is 4. The van der Waals surface area contributed by atoms with E-state index in [9.17, 15) is 14.4 Å². The molecule has 0 amide bonds. The second-order valence-electron chi connectivity index (χ2n) is 7.20. The average Bonchev–Trinajstić information content (AvgIpc) is 3.36. The van der Waals surface area contributed by atoms with E-state index in [1.54, 1.807) is 6.20 Å². The largest absolute Gasteiger partial charge is 0.384 e. The monoisotopic (exact) mass is 411 g/mol. The molecule has 0 atom stereocenters. The third-order valence-electron chi connectivity index (χ3n) is 4.92. The van der Waals surface area contributed by atoms with Gasteiger partial charge in [-0.3, -0.25) is 23.7 Å². The Morgan fingerprint density at radius 3 is 2.76 bits per heavy atom. The first-order valence-electron chi connectivity index (χ1n) is 9.28. The van der Waals surface area contributed by atoms with Crippen LogP contribution in [0.1, 0.15) is 40.4 Å². The standard InChI is InChI=1S/C20H21N5O3S/c1-11-3-6-14(12(2)9-11)24-8-7-22-20(24)29-10-15(26)16-17(21)25(13-4-5-13)19(28)23-18(16)27/h3,6-9,13H,4-5,10,21H2,1-2H3,(H,23,27,28). The van der Waals surface area contributed by atoms with Crippen molar-refractivity contribution in [3.63, 3.8) is 0 Å². The van der Waals surface area contributed by atoms with Crippen molar-refractivity contribution in [1.29, 1.82) is 0 Å². The molecule has 1 aliphatic carbocycles. The van der Waals surface area contributed by atoms with E-state index in [1.165, 1.54) is 16.3 Å². The molecule has 2 aromatic heterocycles. The van der Waals surface area contributed by atoms with Crippen molar-refractivity contribution >= 4 is 23.4 Å². The van der Waals surface area contributed by atoms with Crippen LogP contribution in [0.15, 0.2) is 45.3 Å². The van der Waals surface area contributed by atoms with Gasteiger partial charge in [0.25, 0.3) is 5.56 Å². The number of benzene rings is 1. The predicted octanol–water partition coefficient (Wildman–Crippen LogP) is 2.23. The first-order valence-corrected chi connectivity index (χ1v) is 10.3. The molecule has 0 unspecified atom stereocenters. The summed E-state index contributed by atoms with van der Waals surface area (Å²) in [5, 5.41) is 0.635. The maximum atomic E-state index is 12.8. The molecule has 4 rings (SSSR count). The SMILES string of the molecule is Cc1ccc(-n2ccnc2SCC(=O)c2c(N)n(C3CC3)c(=O)[nH]c2=O)c(C)c1. The lowest BCUT2D eigenvalue weighted by Gasteiger charge is -2.12. The molecule has 0 spiro atoms. The van der Waals surface area contributed by atoms with E-state index in [4.69, 9.17) is 5.73 Å². The number of rotatable bonds is 6. The summed E-state index contributed by atoms with van der Waals surface area (Å²) < 4.78 is 3.22. The lowest BCUT2D eigenvalue weighted by Crippen LogP contribution is -2.36. The number of carbonyl (C=O) groups excluding carboxylic acids is 1. The van der Waals surface area contributed by atoms with Gasteiger partial charge in [0.1, 0.15) is 11.4 Å². The highest BCUT2D eigenvalue weighted by atomic mass is 32.2. The third-order valence-corrected chi connectivity index (χ3v) is 5.89. The predicted molar refractivity (Wildman–Crippen MR) is 112 cm³/mol. The molecule has 1 aliphatic rings. The molecule has 29 heavy (non-hydrogen) atoms. The summed E-state index contributed by atoms with van der Waals surface area (Å²) >= 11 is 1.22.